The Bertz CT molecular complexity index is 87.7. The van der Waals surface area contributed by atoms with Crippen LogP contribution >= 0.6 is 11.6 Å². The number of alkyl halides is 5. The molecule has 0 amide bonds. The van der Waals surface area contributed by atoms with Gasteiger partial charge in [0.05, 0.1) is 12.1 Å². The van der Waals surface area contributed by atoms with Crippen molar-refractivity contribution in [3.63, 3.8) is 0 Å². The van der Waals surface area contributed by atoms with E-state index in [-0.39, 0.29) is 6.42 Å². The summed E-state index contributed by atoms with van der Waals surface area (Å²) in [4.78, 5) is 0. The lowest BCUT2D eigenvalue weighted by Crippen LogP contribution is -2.24. The molecule has 10 heavy (non-hydrogen) atoms. The molecule has 0 bridgehead atoms. The van der Waals surface area contributed by atoms with Gasteiger partial charge in [0.15, 0.2) is 6.17 Å². The van der Waals surface area contributed by atoms with Gasteiger partial charge in [0.2, 0.25) is 0 Å². The van der Waals surface area contributed by atoms with Crippen LogP contribution in [-0.4, -0.2) is 24.6 Å². The quantitative estimate of drug-likeness (QED) is 0.459. The van der Waals surface area contributed by atoms with Crippen LogP contribution in [0.3, 0.4) is 0 Å². The smallest absolute Gasteiger partial charge is 0.251 e. The summed E-state index contributed by atoms with van der Waals surface area (Å²) >= 11 is 5.03. The first kappa shape index (κ1) is 10.0. The first-order chi connectivity index (χ1) is 4.59. The second kappa shape index (κ2) is 4.77. The summed E-state index contributed by atoms with van der Waals surface area (Å²) in [5.74, 6) is 0. The lowest BCUT2D eigenvalue weighted by atomic mass is 10.2. The molecule has 0 aromatic carbocycles. The van der Waals surface area contributed by atoms with Gasteiger partial charge in [-0.2, -0.15) is 0 Å². The molecule has 0 radical (unpaired) electrons. The predicted octanol–water partition coefficient (Wildman–Crippen LogP) is 2.56. The standard InChI is InChI=1S/C5H7ClF4/c6-3(1-2-7)4(8)5(9)10/h3-5H,1-2H2. The maximum absolute atomic E-state index is 12.1. The average molecular weight is 179 g/mol. The molecule has 0 saturated carbocycles. The van der Waals surface area contributed by atoms with Crippen LogP contribution < -0.4 is 0 Å². The minimum Gasteiger partial charge on any atom is -0.251 e. The number of halogens is 5. The molecule has 0 aromatic heterocycles. The van der Waals surface area contributed by atoms with E-state index in [1.807, 2.05) is 0 Å². The molecule has 0 saturated heterocycles. The van der Waals surface area contributed by atoms with E-state index < -0.39 is 24.6 Å². The molecular weight excluding hydrogens is 171 g/mol. The Morgan fingerprint density at radius 1 is 1.20 bits per heavy atom. The Morgan fingerprint density at radius 2 is 1.70 bits per heavy atom. The highest BCUT2D eigenvalue weighted by Gasteiger charge is 2.27. The van der Waals surface area contributed by atoms with Crippen LogP contribution in [0.1, 0.15) is 6.42 Å². The minimum absolute atomic E-state index is 0.368. The number of rotatable bonds is 4. The lowest BCUT2D eigenvalue weighted by Gasteiger charge is -2.11. The minimum atomic E-state index is -3.12. The zero-order chi connectivity index (χ0) is 8.15. The Hall–Kier alpha value is 0.01000. The van der Waals surface area contributed by atoms with Gasteiger partial charge < -0.3 is 0 Å². The zero-order valence-corrected chi connectivity index (χ0v) is 5.79. The fourth-order valence-electron chi connectivity index (χ4n) is 0.421. The summed E-state index contributed by atoms with van der Waals surface area (Å²) in [6.45, 7) is -0.874. The molecule has 0 spiro atoms. The van der Waals surface area contributed by atoms with Gasteiger partial charge in [0.1, 0.15) is 0 Å². The summed E-state index contributed by atoms with van der Waals surface area (Å²) in [5.41, 5.74) is 0. The topological polar surface area (TPSA) is 0 Å². The molecule has 0 heterocycles. The second-order valence-corrected chi connectivity index (χ2v) is 2.33. The monoisotopic (exact) mass is 178 g/mol. The van der Waals surface area contributed by atoms with E-state index in [1.54, 1.807) is 0 Å². The summed E-state index contributed by atoms with van der Waals surface area (Å²) < 4.78 is 46.3. The highest BCUT2D eigenvalue weighted by molar-refractivity contribution is 6.21. The molecule has 5 heteroatoms. The lowest BCUT2D eigenvalue weighted by molar-refractivity contribution is 0.0457. The second-order valence-electron chi connectivity index (χ2n) is 1.77. The predicted molar refractivity (Wildman–Crippen MR) is 31.1 cm³/mol. The average Bonchev–Trinajstić information content (AvgIpc) is 1.87. The van der Waals surface area contributed by atoms with Crippen molar-refractivity contribution in [1.82, 2.24) is 0 Å². The first-order valence-electron chi connectivity index (χ1n) is 2.72. The Kier molecular flexibility index (Phi) is 4.77. The summed E-state index contributed by atoms with van der Waals surface area (Å²) in [6, 6.07) is 0. The molecule has 0 aliphatic heterocycles. The van der Waals surface area contributed by atoms with Crippen molar-refractivity contribution in [2.24, 2.45) is 0 Å². The molecule has 0 fully saturated rings. The van der Waals surface area contributed by atoms with E-state index in [0.717, 1.165) is 0 Å². The first-order valence-corrected chi connectivity index (χ1v) is 3.15. The van der Waals surface area contributed by atoms with Crippen molar-refractivity contribution >= 4 is 11.6 Å². The molecule has 2 atom stereocenters. The highest BCUT2D eigenvalue weighted by atomic mass is 35.5. The maximum atomic E-state index is 12.1. The van der Waals surface area contributed by atoms with Gasteiger partial charge in [-0.1, -0.05) is 0 Å². The molecule has 62 valence electrons. The Morgan fingerprint density at radius 3 is 2.00 bits per heavy atom. The van der Waals surface area contributed by atoms with E-state index >= 15 is 0 Å². The fourth-order valence-corrected chi connectivity index (χ4v) is 0.614. The van der Waals surface area contributed by atoms with E-state index in [1.165, 1.54) is 0 Å². The van der Waals surface area contributed by atoms with Crippen molar-refractivity contribution in [3.8, 4) is 0 Å². The largest absolute Gasteiger partial charge is 0.270 e. The number of hydrogen-bond acceptors (Lipinski definition) is 0. The molecule has 0 rings (SSSR count). The van der Waals surface area contributed by atoms with Crippen molar-refractivity contribution in [2.75, 3.05) is 6.67 Å². The fraction of sp³-hybridized carbons (Fsp3) is 1.00. The van der Waals surface area contributed by atoms with Crippen molar-refractivity contribution in [1.29, 1.82) is 0 Å². The van der Waals surface area contributed by atoms with Crippen LogP contribution in [0.2, 0.25) is 0 Å². The van der Waals surface area contributed by atoms with Crippen LogP contribution in [0.4, 0.5) is 17.6 Å². The third-order valence-electron chi connectivity index (χ3n) is 0.971. The van der Waals surface area contributed by atoms with Crippen LogP contribution in [0, 0.1) is 0 Å². The SMILES string of the molecule is FCCC(Cl)C(F)C(F)F. The zero-order valence-electron chi connectivity index (χ0n) is 5.04. The molecule has 0 aromatic rings. The molecule has 0 aliphatic carbocycles. The Balaban J connectivity index is 3.58. The Labute approximate surface area is 61.2 Å². The van der Waals surface area contributed by atoms with Crippen molar-refractivity contribution in [3.05, 3.63) is 0 Å². The molecule has 2 unspecified atom stereocenters. The number of hydrogen-bond donors (Lipinski definition) is 0. The van der Waals surface area contributed by atoms with Gasteiger partial charge in [-0.15, -0.1) is 11.6 Å². The van der Waals surface area contributed by atoms with Gasteiger partial charge in [-0.3, -0.25) is 4.39 Å². The molecule has 0 nitrogen and oxygen atoms in total. The van der Waals surface area contributed by atoms with Gasteiger partial charge in [-0.25, -0.2) is 13.2 Å². The van der Waals surface area contributed by atoms with Gasteiger partial charge in [0.25, 0.3) is 6.43 Å². The van der Waals surface area contributed by atoms with Gasteiger partial charge in [0, 0.05) is 0 Å². The molecule has 0 N–H and O–H groups in total. The van der Waals surface area contributed by atoms with Crippen molar-refractivity contribution in [2.45, 2.75) is 24.4 Å². The third-order valence-corrected chi connectivity index (χ3v) is 1.43. The highest BCUT2D eigenvalue weighted by Crippen LogP contribution is 2.17. The van der Waals surface area contributed by atoms with E-state index in [2.05, 4.69) is 0 Å². The summed E-state index contributed by atoms with van der Waals surface area (Å²) in [7, 11) is 0. The molecule has 0 aliphatic rings. The van der Waals surface area contributed by atoms with Crippen LogP contribution in [-0.2, 0) is 0 Å². The van der Waals surface area contributed by atoms with Gasteiger partial charge >= 0.3 is 0 Å². The third kappa shape index (κ3) is 3.25. The van der Waals surface area contributed by atoms with Crippen LogP contribution in [0.5, 0.6) is 0 Å². The maximum Gasteiger partial charge on any atom is 0.270 e. The van der Waals surface area contributed by atoms with Crippen LogP contribution in [0.25, 0.3) is 0 Å². The van der Waals surface area contributed by atoms with Crippen molar-refractivity contribution < 1.29 is 17.6 Å². The van der Waals surface area contributed by atoms with Gasteiger partial charge in [-0.05, 0) is 6.42 Å². The van der Waals surface area contributed by atoms with Crippen LogP contribution in [0.15, 0.2) is 0 Å². The van der Waals surface area contributed by atoms with E-state index in [9.17, 15) is 17.6 Å². The van der Waals surface area contributed by atoms with E-state index in [0.29, 0.717) is 0 Å². The summed E-state index contributed by atoms with van der Waals surface area (Å²) in [6.07, 6.45) is -5.90. The summed E-state index contributed by atoms with van der Waals surface area (Å²) in [5, 5.41) is -1.41. The molecular formula is C5H7ClF4. The normalized spacial score (nSPS) is 17.4. The van der Waals surface area contributed by atoms with E-state index in [4.69, 9.17) is 11.6 Å².